The average molecular weight is 186 g/mol. The summed E-state index contributed by atoms with van der Waals surface area (Å²) in [6.07, 6.45) is 0.0279. The summed E-state index contributed by atoms with van der Waals surface area (Å²) in [6, 6.07) is 6.28. The number of anilines is 1. The van der Waals surface area contributed by atoms with E-state index < -0.39 is 8.03 Å². The van der Waals surface area contributed by atoms with Crippen LogP contribution in [0.3, 0.4) is 0 Å². The molecule has 0 bridgehead atoms. The summed E-state index contributed by atoms with van der Waals surface area (Å²) < 4.78 is 10.3. The van der Waals surface area contributed by atoms with Crippen molar-refractivity contribution < 1.29 is 14.6 Å². The smallest absolute Gasteiger partial charge is 0.508 e. The molecule has 0 aromatic heterocycles. The maximum absolute atomic E-state index is 10.3. The van der Waals surface area contributed by atoms with Crippen LogP contribution >= 0.6 is 8.03 Å². The van der Waals surface area contributed by atoms with Crippen LogP contribution in [0, 0.1) is 0 Å². The van der Waals surface area contributed by atoms with E-state index in [0.29, 0.717) is 5.69 Å². The van der Waals surface area contributed by atoms with E-state index in [9.17, 15) is 4.57 Å². The lowest BCUT2D eigenvalue weighted by molar-refractivity contribution is 0.475. The van der Waals surface area contributed by atoms with E-state index in [4.69, 9.17) is 10.00 Å². The largest absolute Gasteiger partial charge is 0.527 e. The number of phenolic OH excluding ortho intramolecular Hbond substituents is 1. The topological polar surface area (TPSA) is 69.6 Å². The Balaban J connectivity index is 2.53. The Labute approximate surface area is 70.7 Å². The standard InChI is InChI=1S/C7H8NO3P/c9-7-3-1-6(2-4-7)8-5-12(10)11/h1-4,8H,5H2,(H-,9,10,11)/p+1. The van der Waals surface area contributed by atoms with Gasteiger partial charge in [0.05, 0.1) is 0 Å². The molecule has 0 saturated heterocycles. The molecule has 0 fully saturated rings. The van der Waals surface area contributed by atoms with Crippen LogP contribution < -0.4 is 5.32 Å². The molecule has 3 N–H and O–H groups in total. The zero-order valence-electron chi connectivity index (χ0n) is 6.27. The molecule has 0 heterocycles. The Morgan fingerprint density at radius 2 is 1.92 bits per heavy atom. The molecule has 1 unspecified atom stereocenters. The predicted molar refractivity (Wildman–Crippen MR) is 46.4 cm³/mol. The van der Waals surface area contributed by atoms with Crippen molar-refractivity contribution in [3.8, 4) is 5.75 Å². The average Bonchev–Trinajstić information content (AvgIpc) is 2.03. The predicted octanol–water partition coefficient (Wildman–Crippen LogP) is 1.50. The maximum atomic E-state index is 10.3. The fraction of sp³-hybridized carbons (Fsp3) is 0.143. The highest BCUT2D eigenvalue weighted by Gasteiger charge is 2.07. The Hall–Kier alpha value is -1.12. The van der Waals surface area contributed by atoms with E-state index in [1.165, 1.54) is 12.1 Å². The molecule has 1 rings (SSSR count). The summed E-state index contributed by atoms with van der Waals surface area (Å²) in [5.74, 6) is 0.175. The number of phenols is 1. The van der Waals surface area contributed by atoms with Crippen LogP contribution in [-0.2, 0) is 4.57 Å². The lowest BCUT2D eigenvalue weighted by Gasteiger charge is -1.98. The lowest BCUT2D eigenvalue weighted by atomic mass is 10.3. The van der Waals surface area contributed by atoms with Gasteiger partial charge in [0.1, 0.15) is 5.75 Å². The molecular formula is C7H9NO3P+. The van der Waals surface area contributed by atoms with Gasteiger partial charge in [-0.3, -0.25) is 0 Å². The third kappa shape index (κ3) is 2.86. The third-order valence-electron chi connectivity index (χ3n) is 1.29. The van der Waals surface area contributed by atoms with E-state index in [-0.39, 0.29) is 12.0 Å². The van der Waals surface area contributed by atoms with Gasteiger partial charge in [-0.1, -0.05) is 0 Å². The summed E-state index contributed by atoms with van der Waals surface area (Å²) in [7, 11) is -2.16. The Morgan fingerprint density at radius 3 is 2.42 bits per heavy atom. The summed E-state index contributed by atoms with van der Waals surface area (Å²) in [4.78, 5) is 8.47. The van der Waals surface area contributed by atoms with Crippen LogP contribution in [0.1, 0.15) is 0 Å². The van der Waals surface area contributed by atoms with Gasteiger partial charge in [0, 0.05) is 5.69 Å². The zero-order valence-corrected chi connectivity index (χ0v) is 7.16. The molecule has 0 aliphatic heterocycles. The highest BCUT2D eigenvalue weighted by Crippen LogP contribution is 2.17. The van der Waals surface area contributed by atoms with Crippen molar-refractivity contribution >= 4 is 13.7 Å². The first kappa shape index (κ1) is 8.97. The van der Waals surface area contributed by atoms with Crippen molar-refractivity contribution in [3.63, 3.8) is 0 Å². The van der Waals surface area contributed by atoms with Gasteiger partial charge in [0.25, 0.3) is 0 Å². The first-order chi connectivity index (χ1) is 5.68. The monoisotopic (exact) mass is 186 g/mol. The molecule has 0 amide bonds. The van der Waals surface area contributed by atoms with Crippen LogP contribution in [0.4, 0.5) is 5.69 Å². The molecule has 0 aliphatic carbocycles. The summed E-state index contributed by atoms with van der Waals surface area (Å²) in [5.41, 5.74) is 0.713. The summed E-state index contributed by atoms with van der Waals surface area (Å²) >= 11 is 0. The number of benzene rings is 1. The minimum Gasteiger partial charge on any atom is -0.508 e. The van der Waals surface area contributed by atoms with Crippen molar-refractivity contribution in [1.82, 2.24) is 0 Å². The van der Waals surface area contributed by atoms with Crippen LogP contribution in [-0.4, -0.2) is 16.3 Å². The van der Waals surface area contributed by atoms with Crippen LogP contribution in [0.2, 0.25) is 0 Å². The molecule has 1 atom stereocenters. The number of hydrogen-bond acceptors (Lipinski definition) is 3. The number of hydrogen-bond donors (Lipinski definition) is 3. The Morgan fingerprint density at radius 1 is 1.33 bits per heavy atom. The molecular weight excluding hydrogens is 177 g/mol. The quantitative estimate of drug-likeness (QED) is 0.494. The minimum absolute atomic E-state index is 0.0279. The van der Waals surface area contributed by atoms with Crippen molar-refractivity contribution in [1.29, 1.82) is 0 Å². The minimum atomic E-state index is -2.16. The first-order valence-corrected chi connectivity index (χ1v) is 4.74. The van der Waals surface area contributed by atoms with E-state index >= 15 is 0 Å². The van der Waals surface area contributed by atoms with Crippen LogP contribution in [0.5, 0.6) is 5.75 Å². The molecule has 0 radical (unpaired) electrons. The molecule has 0 aliphatic rings. The van der Waals surface area contributed by atoms with Gasteiger partial charge in [0.15, 0.2) is 0 Å². The second kappa shape index (κ2) is 4.04. The van der Waals surface area contributed by atoms with E-state index in [0.717, 1.165) is 0 Å². The second-order valence-electron chi connectivity index (χ2n) is 2.23. The van der Waals surface area contributed by atoms with Gasteiger partial charge < -0.3 is 10.4 Å². The molecule has 5 heteroatoms. The molecule has 0 saturated carbocycles. The normalized spacial score (nSPS) is 10.9. The van der Waals surface area contributed by atoms with Crippen molar-refractivity contribution in [2.45, 2.75) is 0 Å². The van der Waals surface area contributed by atoms with Gasteiger partial charge in [-0.2, -0.15) is 4.89 Å². The third-order valence-corrected chi connectivity index (χ3v) is 1.71. The van der Waals surface area contributed by atoms with Crippen molar-refractivity contribution in [3.05, 3.63) is 24.3 Å². The molecule has 1 aromatic rings. The molecule has 1 aromatic carbocycles. The number of nitrogens with one attached hydrogen (secondary N) is 1. The van der Waals surface area contributed by atoms with Gasteiger partial charge in [-0.15, -0.1) is 0 Å². The van der Waals surface area contributed by atoms with Crippen molar-refractivity contribution in [2.75, 3.05) is 11.6 Å². The fourth-order valence-corrected chi connectivity index (χ4v) is 1.06. The summed E-state index contributed by atoms with van der Waals surface area (Å²) in [6.45, 7) is 0. The van der Waals surface area contributed by atoms with Gasteiger partial charge in [-0.05, 0) is 28.8 Å². The van der Waals surface area contributed by atoms with Crippen molar-refractivity contribution in [2.24, 2.45) is 0 Å². The highest BCUT2D eigenvalue weighted by atomic mass is 31.1. The van der Waals surface area contributed by atoms with E-state index in [2.05, 4.69) is 5.32 Å². The number of aromatic hydroxyl groups is 1. The maximum Gasteiger partial charge on any atom is 0.527 e. The highest BCUT2D eigenvalue weighted by molar-refractivity contribution is 7.38. The molecule has 4 nitrogen and oxygen atoms in total. The van der Waals surface area contributed by atoms with E-state index in [1.54, 1.807) is 12.1 Å². The van der Waals surface area contributed by atoms with E-state index in [1.807, 2.05) is 0 Å². The SMILES string of the molecule is O=[P+](O)CNc1ccc(O)cc1. The second-order valence-corrected chi connectivity index (χ2v) is 3.25. The molecule has 0 spiro atoms. The Bertz CT molecular complexity index is 272. The fourth-order valence-electron chi connectivity index (χ4n) is 0.738. The van der Waals surface area contributed by atoms with Crippen LogP contribution in [0.15, 0.2) is 24.3 Å². The Kier molecular flexibility index (Phi) is 3.02. The zero-order chi connectivity index (χ0) is 8.97. The van der Waals surface area contributed by atoms with Crippen LogP contribution in [0.25, 0.3) is 0 Å². The lowest BCUT2D eigenvalue weighted by Crippen LogP contribution is -1.95. The first-order valence-electron chi connectivity index (χ1n) is 3.35. The molecule has 64 valence electrons. The summed E-state index contributed by atoms with van der Waals surface area (Å²) in [5, 5.41) is 11.6. The van der Waals surface area contributed by atoms with Gasteiger partial charge >= 0.3 is 8.03 Å². The van der Waals surface area contributed by atoms with Gasteiger partial charge in [0.2, 0.25) is 6.29 Å². The number of rotatable bonds is 3. The van der Waals surface area contributed by atoms with Gasteiger partial charge in [-0.25, -0.2) is 0 Å². The molecule has 12 heavy (non-hydrogen) atoms.